The lowest BCUT2D eigenvalue weighted by Gasteiger charge is -2.06. The first-order valence-corrected chi connectivity index (χ1v) is 8.24. The van der Waals surface area contributed by atoms with E-state index in [9.17, 15) is 13.2 Å². The molecule has 2 rings (SSSR count). The molecule has 0 bridgehead atoms. The van der Waals surface area contributed by atoms with Crippen molar-refractivity contribution < 1.29 is 13.2 Å². The number of nitrogens with one attached hydrogen (secondary N) is 1. The van der Waals surface area contributed by atoms with Crippen LogP contribution < -0.4 is 5.32 Å². The minimum absolute atomic E-state index is 0.0239. The maximum Gasteiger partial charge on any atom is 0.251 e. The van der Waals surface area contributed by atoms with E-state index >= 15 is 0 Å². The Kier molecular flexibility index (Phi) is 4.92. The summed E-state index contributed by atoms with van der Waals surface area (Å²) in [5.74, 6) is -0.535. The van der Waals surface area contributed by atoms with Gasteiger partial charge in [0, 0.05) is 12.1 Å². The predicted octanol–water partition coefficient (Wildman–Crippen LogP) is 1.76. The van der Waals surface area contributed by atoms with Gasteiger partial charge in [-0.1, -0.05) is 18.2 Å². The van der Waals surface area contributed by atoms with Gasteiger partial charge in [-0.2, -0.15) is 5.26 Å². The molecule has 1 amide bonds. The second-order valence-electron chi connectivity index (χ2n) is 4.58. The van der Waals surface area contributed by atoms with Crippen molar-refractivity contribution >= 4 is 15.7 Å². The fourth-order valence-electron chi connectivity index (χ4n) is 1.84. The first kappa shape index (κ1) is 15.7. The van der Waals surface area contributed by atoms with E-state index in [-0.39, 0.29) is 23.1 Å². The number of benzene rings is 2. The van der Waals surface area contributed by atoms with Crippen LogP contribution in [-0.4, -0.2) is 26.6 Å². The lowest BCUT2D eigenvalue weighted by molar-refractivity contribution is 0.0956. The van der Waals surface area contributed by atoms with Crippen LogP contribution >= 0.6 is 0 Å². The molecule has 2 aromatic rings. The molecule has 0 aliphatic heterocycles. The van der Waals surface area contributed by atoms with Crippen LogP contribution in [0, 0.1) is 11.3 Å². The van der Waals surface area contributed by atoms with Gasteiger partial charge in [0.2, 0.25) is 0 Å². The van der Waals surface area contributed by atoms with Crippen molar-refractivity contribution in [3.63, 3.8) is 0 Å². The highest BCUT2D eigenvalue weighted by molar-refractivity contribution is 7.91. The molecule has 6 heteroatoms. The number of carbonyl (C=O) groups excluding carboxylic acids is 1. The molecule has 22 heavy (non-hydrogen) atoms. The molecule has 5 nitrogen and oxygen atoms in total. The smallest absolute Gasteiger partial charge is 0.251 e. The number of carbonyl (C=O) groups is 1. The third-order valence-corrected chi connectivity index (χ3v) is 4.77. The zero-order chi connectivity index (χ0) is 16.0. The summed E-state index contributed by atoms with van der Waals surface area (Å²) in [6, 6.07) is 16.2. The number of rotatable bonds is 5. The highest BCUT2D eigenvalue weighted by Gasteiger charge is 2.14. The molecule has 0 fully saturated rings. The second-order valence-corrected chi connectivity index (χ2v) is 6.69. The van der Waals surface area contributed by atoms with Crippen LogP contribution in [-0.2, 0) is 9.84 Å². The minimum atomic E-state index is -3.41. The zero-order valence-corrected chi connectivity index (χ0v) is 12.5. The Morgan fingerprint density at radius 1 is 1.05 bits per heavy atom. The summed E-state index contributed by atoms with van der Waals surface area (Å²) in [4.78, 5) is 12.1. The highest BCUT2D eigenvalue weighted by Crippen LogP contribution is 2.09. The lowest BCUT2D eigenvalue weighted by Crippen LogP contribution is -2.29. The summed E-state index contributed by atoms with van der Waals surface area (Å²) >= 11 is 0. The van der Waals surface area contributed by atoms with Crippen molar-refractivity contribution in [2.24, 2.45) is 0 Å². The van der Waals surface area contributed by atoms with E-state index < -0.39 is 9.84 Å². The molecule has 0 atom stereocenters. The van der Waals surface area contributed by atoms with E-state index in [4.69, 9.17) is 5.26 Å². The van der Waals surface area contributed by atoms with Crippen molar-refractivity contribution in [1.82, 2.24) is 5.32 Å². The maximum absolute atomic E-state index is 12.0. The fourth-order valence-corrected chi connectivity index (χ4v) is 3.02. The van der Waals surface area contributed by atoms with E-state index in [0.717, 1.165) is 0 Å². The van der Waals surface area contributed by atoms with Gasteiger partial charge in [0.25, 0.3) is 5.91 Å². The Bertz CT molecular complexity index is 792. The van der Waals surface area contributed by atoms with Gasteiger partial charge in [-0.3, -0.25) is 4.79 Å². The Morgan fingerprint density at radius 2 is 1.68 bits per heavy atom. The third kappa shape index (κ3) is 3.93. The molecule has 0 aliphatic rings. The molecule has 0 saturated heterocycles. The molecule has 112 valence electrons. The number of hydrogen-bond acceptors (Lipinski definition) is 4. The van der Waals surface area contributed by atoms with Gasteiger partial charge in [-0.05, 0) is 36.4 Å². The SMILES string of the molecule is N#Cc1ccc(C(=O)NCCS(=O)(=O)c2ccccc2)cc1. The number of nitriles is 1. The minimum Gasteiger partial charge on any atom is -0.351 e. The Balaban J connectivity index is 1.93. The Morgan fingerprint density at radius 3 is 2.27 bits per heavy atom. The molecule has 0 saturated carbocycles. The molecular weight excluding hydrogens is 300 g/mol. The van der Waals surface area contributed by atoms with Gasteiger partial charge in [-0.25, -0.2) is 8.42 Å². The number of sulfone groups is 1. The van der Waals surface area contributed by atoms with Gasteiger partial charge in [0.05, 0.1) is 22.3 Å². The lowest BCUT2D eigenvalue weighted by atomic mass is 10.1. The molecule has 0 unspecified atom stereocenters. The summed E-state index contributed by atoms with van der Waals surface area (Å²) in [7, 11) is -3.41. The average Bonchev–Trinajstić information content (AvgIpc) is 2.55. The Hall–Kier alpha value is -2.65. The molecule has 0 aliphatic carbocycles. The predicted molar refractivity (Wildman–Crippen MR) is 82.0 cm³/mol. The van der Waals surface area contributed by atoms with Gasteiger partial charge in [0.1, 0.15) is 0 Å². The van der Waals surface area contributed by atoms with Crippen LogP contribution in [0.1, 0.15) is 15.9 Å². The summed E-state index contributed by atoms with van der Waals surface area (Å²) in [6.45, 7) is 0.0239. The molecule has 0 spiro atoms. The van der Waals surface area contributed by atoms with Gasteiger partial charge >= 0.3 is 0 Å². The van der Waals surface area contributed by atoms with Crippen molar-refractivity contribution in [2.75, 3.05) is 12.3 Å². The van der Waals surface area contributed by atoms with Crippen molar-refractivity contribution in [1.29, 1.82) is 5.26 Å². The van der Waals surface area contributed by atoms with E-state index in [2.05, 4.69) is 5.32 Å². The first-order chi connectivity index (χ1) is 10.5. The van der Waals surface area contributed by atoms with Crippen LogP contribution in [0.4, 0.5) is 0 Å². The van der Waals surface area contributed by atoms with Crippen molar-refractivity contribution in [3.8, 4) is 6.07 Å². The molecule has 0 radical (unpaired) electrons. The van der Waals surface area contributed by atoms with Crippen molar-refractivity contribution in [3.05, 3.63) is 65.7 Å². The number of amides is 1. The van der Waals surface area contributed by atoms with Gasteiger partial charge < -0.3 is 5.32 Å². The van der Waals surface area contributed by atoms with Gasteiger partial charge in [0.15, 0.2) is 9.84 Å². The second kappa shape index (κ2) is 6.87. The molecule has 1 N–H and O–H groups in total. The molecule has 2 aromatic carbocycles. The van der Waals surface area contributed by atoms with E-state index in [0.29, 0.717) is 11.1 Å². The first-order valence-electron chi connectivity index (χ1n) is 6.59. The summed E-state index contributed by atoms with van der Waals surface area (Å²) < 4.78 is 24.1. The maximum atomic E-state index is 12.0. The fraction of sp³-hybridized carbons (Fsp3) is 0.125. The standard InChI is InChI=1S/C16H14N2O3S/c17-12-13-6-8-14(9-7-13)16(19)18-10-11-22(20,21)15-4-2-1-3-5-15/h1-9H,10-11H2,(H,18,19). The number of hydrogen-bond donors (Lipinski definition) is 1. The van der Waals surface area contributed by atoms with Crippen molar-refractivity contribution in [2.45, 2.75) is 4.90 Å². The van der Waals surface area contributed by atoms with E-state index in [1.54, 1.807) is 18.2 Å². The third-order valence-electron chi connectivity index (χ3n) is 3.03. The van der Waals surface area contributed by atoms with Crippen LogP contribution in [0.25, 0.3) is 0 Å². The van der Waals surface area contributed by atoms with Crippen LogP contribution in [0.15, 0.2) is 59.5 Å². The monoisotopic (exact) mass is 314 g/mol. The summed E-state index contributed by atoms with van der Waals surface area (Å²) in [5, 5.41) is 11.3. The zero-order valence-electron chi connectivity index (χ0n) is 11.7. The average molecular weight is 314 g/mol. The number of nitrogens with zero attached hydrogens (tertiary/aromatic N) is 1. The summed E-state index contributed by atoms with van der Waals surface area (Å²) in [6.07, 6.45) is 0. The molecule has 0 aromatic heterocycles. The Labute approximate surface area is 129 Å². The van der Waals surface area contributed by atoms with E-state index in [1.165, 1.54) is 36.4 Å². The van der Waals surface area contributed by atoms with Crippen LogP contribution in [0.3, 0.4) is 0 Å². The van der Waals surface area contributed by atoms with Crippen LogP contribution in [0.2, 0.25) is 0 Å². The molecular formula is C16H14N2O3S. The highest BCUT2D eigenvalue weighted by atomic mass is 32.2. The van der Waals surface area contributed by atoms with E-state index in [1.807, 2.05) is 6.07 Å². The molecule has 0 heterocycles. The van der Waals surface area contributed by atoms with Gasteiger partial charge in [-0.15, -0.1) is 0 Å². The largest absolute Gasteiger partial charge is 0.351 e. The topological polar surface area (TPSA) is 87.0 Å². The summed E-state index contributed by atoms with van der Waals surface area (Å²) in [5.41, 5.74) is 0.847. The quantitative estimate of drug-likeness (QED) is 0.911. The van der Waals surface area contributed by atoms with Crippen LogP contribution in [0.5, 0.6) is 0 Å². The normalized spacial score (nSPS) is 10.7.